The zero-order valence-electron chi connectivity index (χ0n) is 28.6. The Hall–Kier alpha value is -5.38. The van der Waals surface area contributed by atoms with E-state index in [9.17, 15) is 63.3 Å². The summed E-state index contributed by atoms with van der Waals surface area (Å²) in [6, 6.07) is -10.6. The van der Waals surface area contributed by atoms with E-state index >= 15 is 0 Å². The van der Waals surface area contributed by atoms with Crippen LogP contribution in [0.3, 0.4) is 0 Å². The molecule has 3 saturated heterocycles. The zero-order valence-corrected chi connectivity index (χ0v) is 28.6. The summed E-state index contributed by atoms with van der Waals surface area (Å²) in [7, 11) is 0. The SMILES string of the molecule is C[C@@H]1NC(=O)[C@H](CC(N)=O)NC(=O)[C@@H]2CCCN2C(=O)[C@H](CO)NC(=O)[C@H](CC(=O)O)NC(=O)CNC(=O)[C@@H]2CCCN2C(=O)[C@H]([C@@H](C)O)NC1=O. The molecule has 52 heavy (non-hydrogen) atoms. The number of aliphatic carboxylic acids is 1. The van der Waals surface area contributed by atoms with Crippen molar-refractivity contribution in [3.05, 3.63) is 0 Å². The highest BCUT2D eigenvalue weighted by Crippen LogP contribution is 2.21. The van der Waals surface area contributed by atoms with Gasteiger partial charge in [-0.05, 0) is 39.5 Å². The van der Waals surface area contributed by atoms with Gasteiger partial charge < -0.3 is 62.8 Å². The Bertz CT molecular complexity index is 1460. The second kappa shape index (κ2) is 18.2. The maximum atomic E-state index is 13.5. The van der Waals surface area contributed by atoms with Gasteiger partial charge in [-0.1, -0.05) is 0 Å². The molecule has 22 heteroatoms. The number of primary amides is 1. The average molecular weight is 740 g/mol. The number of rotatable bonds is 6. The molecule has 3 fully saturated rings. The molecule has 3 heterocycles. The van der Waals surface area contributed by atoms with E-state index in [1.165, 1.54) is 13.8 Å². The van der Waals surface area contributed by atoms with Crippen LogP contribution in [0.5, 0.6) is 0 Å². The van der Waals surface area contributed by atoms with Gasteiger partial charge in [0.25, 0.3) is 0 Å². The van der Waals surface area contributed by atoms with E-state index in [1.807, 2.05) is 0 Å². The molecule has 0 aromatic rings. The number of carbonyl (C=O) groups excluding carboxylic acids is 9. The Morgan fingerprint density at radius 2 is 1.29 bits per heavy atom. The molecular formula is C30H45N9O13. The molecule has 3 rings (SSSR count). The van der Waals surface area contributed by atoms with Crippen molar-refractivity contribution in [2.24, 2.45) is 5.73 Å². The first-order valence-electron chi connectivity index (χ1n) is 16.6. The van der Waals surface area contributed by atoms with E-state index in [2.05, 4.69) is 31.9 Å². The lowest BCUT2D eigenvalue weighted by molar-refractivity contribution is -0.145. The average Bonchev–Trinajstić information content (AvgIpc) is 3.77. The van der Waals surface area contributed by atoms with Crippen molar-refractivity contribution in [1.82, 2.24) is 41.7 Å². The number of fused-ring (bicyclic) bond motifs is 2. The Balaban J connectivity index is 1.97. The van der Waals surface area contributed by atoms with Crippen LogP contribution in [0.25, 0.3) is 0 Å². The molecule has 22 nitrogen and oxygen atoms in total. The van der Waals surface area contributed by atoms with Crippen molar-refractivity contribution >= 4 is 59.1 Å². The quantitative estimate of drug-likeness (QED) is 0.121. The largest absolute Gasteiger partial charge is 0.481 e. The first-order chi connectivity index (χ1) is 24.4. The molecule has 0 unspecified atom stereocenters. The number of nitrogens with two attached hydrogens (primary N) is 1. The molecule has 288 valence electrons. The Morgan fingerprint density at radius 3 is 1.85 bits per heavy atom. The molecule has 3 aliphatic rings. The number of carboxylic acids is 1. The summed E-state index contributed by atoms with van der Waals surface area (Å²) in [5, 5.41) is 43.4. The number of nitrogens with one attached hydrogen (secondary N) is 6. The summed E-state index contributed by atoms with van der Waals surface area (Å²) in [6.45, 7) is 0.661. The zero-order chi connectivity index (χ0) is 38.9. The predicted molar refractivity (Wildman–Crippen MR) is 173 cm³/mol. The molecule has 8 atom stereocenters. The fraction of sp³-hybridized carbons (Fsp3) is 0.667. The lowest BCUT2D eigenvalue weighted by atomic mass is 10.1. The van der Waals surface area contributed by atoms with Crippen LogP contribution in [0.2, 0.25) is 0 Å². The third-order valence-electron chi connectivity index (χ3n) is 8.76. The van der Waals surface area contributed by atoms with Crippen LogP contribution in [0.4, 0.5) is 0 Å². The van der Waals surface area contributed by atoms with E-state index in [4.69, 9.17) is 5.73 Å². The monoisotopic (exact) mass is 739 g/mol. The van der Waals surface area contributed by atoms with Gasteiger partial charge in [0.2, 0.25) is 53.2 Å². The van der Waals surface area contributed by atoms with E-state index in [1.54, 1.807) is 0 Å². The van der Waals surface area contributed by atoms with Gasteiger partial charge in [0.1, 0.15) is 42.3 Å². The number of hydrogen-bond donors (Lipinski definition) is 10. The van der Waals surface area contributed by atoms with Gasteiger partial charge in [0.15, 0.2) is 0 Å². The van der Waals surface area contributed by atoms with E-state index in [-0.39, 0.29) is 32.4 Å². The van der Waals surface area contributed by atoms with Crippen molar-refractivity contribution in [2.75, 3.05) is 26.2 Å². The van der Waals surface area contributed by atoms with Crippen LogP contribution >= 0.6 is 0 Å². The molecule has 3 aliphatic heterocycles. The minimum absolute atomic E-state index is 0.0347. The van der Waals surface area contributed by atoms with Crippen molar-refractivity contribution in [3.8, 4) is 0 Å². The van der Waals surface area contributed by atoms with Gasteiger partial charge in [-0.15, -0.1) is 0 Å². The van der Waals surface area contributed by atoms with Crippen molar-refractivity contribution in [2.45, 2.75) is 101 Å². The summed E-state index contributed by atoms with van der Waals surface area (Å²) in [5.41, 5.74) is 5.30. The summed E-state index contributed by atoms with van der Waals surface area (Å²) in [4.78, 5) is 131. The van der Waals surface area contributed by atoms with Gasteiger partial charge in [-0.2, -0.15) is 0 Å². The summed E-state index contributed by atoms with van der Waals surface area (Å²) in [5.74, 6) is -10.3. The second-order valence-electron chi connectivity index (χ2n) is 12.7. The number of aliphatic hydroxyl groups excluding tert-OH is 2. The molecule has 11 N–H and O–H groups in total. The normalized spacial score (nSPS) is 29.7. The molecule has 0 aliphatic carbocycles. The van der Waals surface area contributed by atoms with Crippen LogP contribution in [-0.2, 0) is 47.9 Å². The van der Waals surface area contributed by atoms with Crippen LogP contribution in [-0.4, -0.2) is 159 Å². The molecule has 0 saturated carbocycles. The van der Waals surface area contributed by atoms with E-state index in [0.29, 0.717) is 6.42 Å². The topological polar surface area (TPSA) is 336 Å². The molecule has 0 aromatic heterocycles. The van der Waals surface area contributed by atoms with Crippen molar-refractivity contribution in [1.29, 1.82) is 0 Å². The van der Waals surface area contributed by atoms with Crippen LogP contribution < -0.4 is 37.6 Å². The highest BCUT2D eigenvalue weighted by molar-refractivity contribution is 6.00. The number of aliphatic hydroxyl groups is 2. The minimum atomic E-state index is -1.79. The summed E-state index contributed by atoms with van der Waals surface area (Å²) >= 11 is 0. The predicted octanol–water partition coefficient (Wildman–Crippen LogP) is -6.73. The van der Waals surface area contributed by atoms with Gasteiger partial charge >= 0.3 is 5.97 Å². The maximum absolute atomic E-state index is 13.5. The number of nitrogens with zero attached hydrogens (tertiary/aromatic N) is 2. The summed E-state index contributed by atoms with van der Waals surface area (Å²) in [6.07, 6.45) is -2.39. The van der Waals surface area contributed by atoms with Crippen molar-refractivity contribution in [3.63, 3.8) is 0 Å². The fourth-order valence-electron chi connectivity index (χ4n) is 6.08. The lowest BCUT2D eigenvalue weighted by Gasteiger charge is -2.31. The second-order valence-corrected chi connectivity index (χ2v) is 12.7. The first kappa shape index (κ1) is 41.0. The van der Waals surface area contributed by atoms with Crippen LogP contribution in [0.15, 0.2) is 0 Å². The molecule has 0 bridgehead atoms. The molecule has 0 aromatic carbocycles. The molecule has 0 spiro atoms. The van der Waals surface area contributed by atoms with Gasteiger partial charge in [0, 0.05) is 13.1 Å². The Labute approximate surface area is 296 Å². The molecule has 9 amide bonds. The van der Waals surface area contributed by atoms with Gasteiger partial charge in [-0.3, -0.25) is 47.9 Å². The number of carboxylic acid groups (broad SMARTS) is 1. The third-order valence-corrected chi connectivity index (χ3v) is 8.76. The van der Waals surface area contributed by atoms with E-state index < -0.39 is 134 Å². The number of amides is 9. The highest BCUT2D eigenvalue weighted by atomic mass is 16.4. The maximum Gasteiger partial charge on any atom is 0.305 e. The Kier molecular flexibility index (Phi) is 14.4. The fourth-order valence-corrected chi connectivity index (χ4v) is 6.08. The standard InChI is InChI=1S/C30H45N9O13/c1-13-24(46)37-23(14(2)41)30(52)39-8-3-5-18(39)27(49)32-11-21(43)34-16(10-22(44)45)26(48)36-17(12-40)29(51)38-7-4-6-19(38)28(50)35-15(9-20(31)42)25(47)33-13/h13-19,23,40-41H,3-12H2,1-2H3,(H2,31,42)(H,32,49)(H,33,47)(H,34,43)(H,35,50)(H,36,48)(H,37,46)(H,44,45)/t13-,14+,15-,16-,17-,18-,19-,23-/m0/s1. The number of hydrogen-bond acceptors (Lipinski definition) is 12. The minimum Gasteiger partial charge on any atom is -0.481 e. The number of carbonyl (C=O) groups is 10. The first-order valence-corrected chi connectivity index (χ1v) is 16.6. The van der Waals surface area contributed by atoms with Gasteiger partial charge in [-0.25, -0.2) is 0 Å². The third kappa shape index (κ3) is 10.6. The lowest BCUT2D eigenvalue weighted by Crippen LogP contribution is -2.61. The van der Waals surface area contributed by atoms with Gasteiger partial charge in [0.05, 0.1) is 32.1 Å². The smallest absolute Gasteiger partial charge is 0.305 e. The Morgan fingerprint density at radius 1 is 0.750 bits per heavy atom. The molecule has 0 radical (unpaired) electrons. The van der Waals surface area contributed by atoms with Crippen molar-refractivity contribution < 1.29 is 63.3 Å². The van der Waals surface area contributed by atoms with E-state index in [0.717, 1.165) is 9.80 Å². The highest BCUT2D eigenvalue weighted by Gasteiger charge is 2.42. The summed E-state index contributed by atoms with van der Waals surface area (Å²) < 4.78 is 0. The molecular weight excluding hydrogens is 694 g/mol. The van der Waals surface area contributed by atoms with Crippen LogP contribution in [0.1, 0.15) is 52.4 Å². The van der Waals surface area contributed by atoms with Crippen LogP contribution in [0, 0.1) is 0 Å².